The van der Waals surface area contributed by atoms with Crippen LogP contribution in [-0.4, -0.2) is 29.7 Å². The monoisotopic (exact) mass is 285 g/mol. The number of hydrogen-bond acceptors (Lipinski definition) is 2. The zero-order chi connectivity index (χ0) is 14.7. The SMILES string of the molecule is O=C1c2ccccc2CCC1CCCC(=O)N1CCCC1. The molecule has 1 heterocycles. The zero-order valence-corrected chi connectivity index (χ0v) is 12.5. The number of rotatable bonds is 4. The van der Waals surface area contributed by atoms with Gasteiger partial charge in [-0.05, 0) is 44.1 Å². The van der Waals surface area contributed by atoms with Crippen molar-refractivity contribution >= 4 is 11.7 Å². The van der Waals surface area contributed by atoms with Crippen LogP contribution in [0.4, 0.5) is 0 Å². The topological polar surface area (TPSA) is 37.4 Å². The molecule has 0 spiro atoms. The smallest absolute Gasteiger partial charge is 0.222 e. The third-order valence-corrected chi connectivity index (χ3v) is 4.82. The van der Waals surface area contributed by atoms with Crippen LogP contribution < -0.4 is 0 Å². The molecule has 2 aliphatic rings. The molecule has 3 heteroatoms. The number of nitrogens with zero attached hydrogens (tertiary/aromatic N) is 1. The Kier molecular flexibility index (Phi) is 4.37. The number of likely N-dealkylation sites (tertiary alicyclic amines) is 1. The summed E-state index contributed by atoms with van der Waals surface area (Å²) in [5.41, 5.74) is 2.09. The number of ketones is 1. The third kappa shape index (κ3) is 3.17. The lowest BCUT2D eigenvalue weighted by Crippen LogP contribution is -2.28. The van der Waals surface area contributed by atoms with E-state index in [-0.39, 0.29) is 17.6 Å². The van der Waals surface area contributed by atoms with Crippen molar-refractivity contribution in [2.24, 2.45) is 5.92 Å². The minimum Gasteiger partial charge on any atom is -0.343 e. The maximum absolute atomic E-state index is 12.5. The van der Waals surface area contributed by atoms with Gasteiger partial charge in [-0.15, -0.1) is 0 Å². The summed E-state index contributed by atoms with van der Waals surface area (Å²) in [6.07, 6.45) is 6.51. The molecule has 112 valence electrons. The Morgan fingerprint density at radius 2 is 1.95 bits per heavy atom. The molecule has 1 atom stereocenters. The molecular weight excluding hydrogens is 262 g/mol. The van der Waals surface area contributed by atoms with Gasteiger partial charge in [-0.3, -0.25) is 9.59 Å². The van der Waals surface area contributed by atoms with E-state index in [1.165, 1.54) is 5.56 Å². The van der Waals surface area contributed by atoms with E-state index in [0.717, 1.165) is 57.2 Å². The van der Waals surface area contributed by atoms with Crippen LogP contribution >= 0.6 is 0 Å². The lowest BCUT2D eigenvalue weighted by Gasteiger charge is -2.23. The summed E-state index contributed by atoms with van der Waals surface area (Å²) in [5, 5.41) is 0. The van der Waals surface area contributed by atoms with E-state index in [1.807, 2.05) is 23.1 Å². The molecule has 0 saturated carbocycles. The maximum atomic E-state index is 12.5. The number of hydrogen-bond donors (Lipinski definition) is 0. The van der Waals surface area contributed by atoms with Crippen LogP contribution in [0.15, 0.2) is 24.3 Å². The predicted molar refractivity (Wildman–Crippen MR) is 82.2 cm³/mol. The average molecular weight is 285 g/mol. The van der Waals surface area contributed by atoms with Crippen molar-refractivity contribution < 1.29 is 9.59 Å². The van der Waals surface area contributed by atoms with Gasteiger partial charge in [0.1, 0.15) is 0 Å². The molecular formula is C18H23NO2. The van der Waals surface area contributed by atoms with Gasteiger partial charge in [0, 0.05) is 31.0 Å². The molecule has 0 bridgehead atoms. The quantitative estimate of drug-likeness (QED) is 0.851. The summed E-state index contributed by atoms with van der Waals surface area (Å²) in [5.74, 6) is 0.674. The Labute approximate surface area is 126 Å². The summed E-state index contributed by atoms with van der Waals surface area (Å²) in [6, 6.07) is 7.94. The number of carbonyl (C=O) groups is 2. The number of fused-ring (bicyclic) bond motifs is 1. The molecule has 1 aromatic carbocycles. The lowest BCUT2D eigenvalue weighted by molar-refractivity contribution is -0.130. The summed E-state index contributed by atoms with van der Waals surface area (Å²) >= 11 is 0. The van der Waals surface area contributed by atoms with E-state index >= 15 is 0 Å². The second-order valence-electron chi connectivity index (χ2n) is 6.24. The molecule has 21 heavy (non-hydrogen) atoms. The molecule has 0 radical (unpaired) electrons. The van der Waals surface area contributed by atoms with Gasteiger partial charge in [-0.2, -0.15) is 0 Å². The fourth-order valence-electron chi connectivity index (χ4n) is 3.56. The third-order valence-electron chi connectivity index (χ3n) is 4.82. The fourth-order valence-corrected chi connectivity index (χ4v) is 3.56. The summed E-state index contributed by atoms with van der Waals surface area (Å²) < 4.78 is 0. The normalized spacial score (nSPS) is 21.4. The highest BCUT2D eigenvalue weighted by atomic mass is 16.2. The van der Waals surface area contributed by atoms with Crippen LogP contribution in [-0.2, 0) is 11.2 Å². The lowest BCUT2D eigenvalue weighted by atomic mass is 9.80. The molecule has 3 rings (SSSR count). The highest BCUT2D eigenvalue weighted by Gasteiger charge is 2.27. The van der Waals surface area contributed by atoms with Gasteiger partial charge in [-0.1, -0.05) is 24.3 Å². The Morgan fingerprint density at radius 3 is 2.76 bits per heavy atom. The first-order chi connectivity index (χ1) is 10.3. The van der Waals surface area contributed by atoms with E-state index in [2.05, 4.69) is 6.07 Å². The van der Waals surface area contributed by atoms with Crippen LogP contribution in [0.3, 0.4) is 0 Å². The van der Waals surface area contributed by atoms with Crippen LogP contribution in [0.2, 0.25) is 0 Å². The van der Waals surface area contributed by atoms with Gasteiger partial charge < -0.3 is 4.90 Å². The Bertz CT molecular complexity index is 532. The standard InChI is InChI=1S/C18H23NO2/c20-17(19-12-3-4-13-19)9-5-7-15-11-10-14-6-1-2-8-16(14)18(15)21/h1-2,6,8,15H,3-5,7,9-13H2. The van der Waals surface area contributed by atoms with Gasteiger partial charge in [0.2, 0.25) is 5.91 Å². The maximum Gasteiger partial charge on any atom is 0.222 e. The first-order valence-corrected chi connectivity index (χ1v) is 8.15. The van der Waals surface area contributed by atoms with E-state index < -0.39 is 0 Å². The molecule has 1 aromatic rings. The van der Waals surface area contributed by atoms with Gasteiger partial charge in [0.05, 0.1) is 0 Å². The van der Waals surface area contributed by atoms with Crippen molar-refractivity contribution in [1.29, 1.82) is 0 Å². The predicted octanol–water partition coefficient (Wildman–Crippen LogP) is 3.22. The van der Waals surface area contributed by atoms with Crippen LogP contribution in [0.5, 0.6) is 0 Å². The highest BCUT2D eigenvalue weighted by molar-refractivity contribution is 6.00. The molecule has 1 fully saturated rings. The van der Waals surface area contributed by atoms with Gasteiger partial charge in [-0.25, -0.2) is 0 Å². The van der Waals surface area contributed by atoms with Crippen LogP contribution in [0.25, 0.3) is 0 Å². The van der Waals surface area contributed by atoms with E-state index in [0.29, 0.717) is 6.42 Å². The van der Waals surface area contributed by atoms with Crippen molar-refractivity contribution in [3.63, 3.8) is 0 Å². The number of benzene rings is 1. The van der Waals surface area contributed by atoms with E-state index in [4.69, 9.17) is 0 Å². The van der Waals surface area contributed by atoms with E-state index in [9.17, 15) is 9.59 Å². The van der Waals surface area contributed by atoms with Crippen molar-refractivity contribution in [3.05, 3.63) is 35.4 Å². The Morgan fingerprint density at radius 1 is 1.19 bits per heavy atom. The molecule has 0 aromatic heterocycles. The number of amides is 1. The van der Waals surface area contributed by atoms with Crippen molar-refractivity contribution in [1.82, 2.24) is 4.90 Å². The van der Waals surface area contributed by atoms with Crippen LogP contribution in [0.1, 0.15) is 54.4 Å². The minimum atomic E-state index is 0.117. The zero-order valence-electron chi connectivity index (χ0n) is 12.5. The number of aryl methyl sites for hydroxylation is 1. The van der Waals surface area contributed by atoms with Gasteiger partial charge >= 0.3 is 0 Å². The Hall–Kier alpha value is -1.64. The minimum absolute atomic E-state index is 0.117. The first-order valence-electron chi connectivity index (χ1n) is 8.15. The molecule has 1 amide bonds. The molecule has 1 saturated heterocycles. The second kappa shape index (κ2) is 6.42. The van der Waals surface area contributed by atoms with Crippen molar-refractivity contribution in [3.8, 4) is 0 Å². The fraction of sp³-hybridized carbons (Fsp3) is 0.556. The number of carbonyl (C=O) groups excluding carboxylic acids is 2. The molecule has 3 nitrogen and oxygen atoms in total. The van der Waals surface area contributed by atoms with Gasteiger partial charge in [0.25, 0.3) is 0 Å². The van der Waals surface area contributed by atoms with E-state index in [1.54, 1.807) is 0 Å². The largest absolute Gasteiger partial charge is 0.343 e. The molecule has 1 aliphatic heterocycles. The number of Topliss-reactive ketones (excluding diaryl/α,β-unsaturated/α-hetero) is 1. The van der Waals surface area contributed by atoms with Crippen molar-refractivity contribution in [2.45, 2.75) is 44.9 Å². The highest BCUT2D eigenvalue weighted by Crippen LogP contribution is 2.28. The Balaban J connectivity index is 1.50. The summed E-state index contributed by atoms with van der Waals surface area (Å²) in [7, 11) is 0. The van der Waals surface area contributed by atoms with Crippen LogP contribution in [0, 0.1) is 5.92 Å². The second-order valence-corrected chi connectivity index (χ2v) is 6.24. The van der Waals surface area contributed by atoms with Crippen molar-refractivity contribution in [2.75, 3.05) is 13.1 Å². The molecule has 1 unspecified atom stereocenters. The van der Waals surface area contributed by atoms with Gasteiger partial charge in [0.15, 0.2) is 5.78 Å². The molecule has 0 N–H and O–H groups in total. The average Bonchev–Trinajstić information content (AvgIpc) is 3.04. The summed E-state index contributed by atoms with van der Waals surface area (Å²) in [6.45, 7) is 1.85. The molecule has 1 aliphatic carbocycles. The first kappa shape index (κ1) is 14.3. The summed E-state index contributed by atoms with van der Waals surface area (Å²) in [4.78, 5) is 26.4.